The van der Waals surface area contributed by atoms with Gasteiger partial charge in [-0.15, -0.1) is 6.58 Å². The summed E-state index contributed by atoms with van der Waals surface area (Å²) in [4.78, 5) is 6.37. The van der Waals surface area contributed by atoms with Crippen LogP contribution in [0.2, 0.25) is 0 Å². The number of hydrogen-bond donors (Lipinski definition) is 1. The third kappa shape index (κ3) is 1.21. The summed E-state index contributed by atoms with van der Waals surface area (Å²) in [5.74, 6) is 0.630. The molecule has 72 valence electrons. The minimum atomic E-state index is 0.0400. The van der Waals surface area contributed by atoms with Gasteiger partial charge in [-0.2, -0.15) is 0 Å². The number of aliphatic imine (C=N–C) groups is 1. The smallest absolute Gasteiger partial charge is 0.192 e. The molecule has 0 radical (unpaired) electrons. The van der Waals surface area contributed by atoms with Gasteiger partial charge in [-0.3, -0.25) is 4.99 Å². The first-order valence-electron chi connectivity index (χ1n) is 4.55. The molecule has 1 atom stereocenters. The number of rotatable bonds is 2. The highest BCUT2D eigenvalue weighted by molar-refractivity contribution is 5.81. The van der Waals surface area contributed by atoms with Crippen LogP contribution in [0, 0.1) is 0 Å². The monoisotopic (exact) mass is 181 g/mol. The van der Waals surface area contributed by atoms with E-state index in [0.29, 0.717) is 5.96 Å². The van der Waals surface area contributed by atoms with Crippen LogP contribution in [0.5, 0.6) is 0 Å². The summed E-state index contributed by atoms with van der Waals surface area (Å²) in [6.45, 7) is 6.81. The molecule has 0 aliphatic carbocycles. The Kier molecular flexibility index (Phi) is 2.00. The molecule has 2 aliphatic rings. The molecule has 13 heavy (non-hydrogen) atoms. The van der Waals surface area contributed by atoms with Gasteiger partial charge in [-0.1, -0.05) is 6.08 Å². The van der Waals surface area contributed by atoms with Gasteiger partial charge in [0, 0.05) is 13.2 Å². The van der Waals surface area contributed by atoms with E-state index < -0.39 is 0 Å². The van der Waals surface area contributed by atoms with Crippen molar-refractivity contribution in [3.8, 4) is 0 Å². The molecule has 1 fully saturated rings. The van der Waals surface area contributed by atoms with E-state index in [4.69, 9.17) is 10.5 Å². The Bertz CT molecular complexity index is 243. The first-order chi connectivity index (χ1) is 6.28. The molecule has 2 rings (SSSR count). The lowest BCUT2D eigenvalue weighted by molar-refractivity contribution is 0.139. The van der Waals surface area contributed by atoms with Gasteiger partial charge in [0.05, 0.1) is 18.7 Å². The van der Waals surface area contributed by atoms with E-state index in [1.807, 2.05) is 6.08 Å². The topological polar surface area (TPSA) is 50.8 Å². The van der Waals surface area contributed by atoms with Crippen molar-refractivity contribution in [3.63, 3.8) is 0 Å². The highest BCUT2D eigenvalue weighted by Crippen LogP contribution is 2.30. The number of hydrogen-bond acceptors (Lipinski definition) is 4. The van der Waals surface area contributed by atoms with Crippen molar-refractivity contribution in [2.45, 2.75) is 12.0 Å². The van der Waals surface area contributed by atoms with E-state index in [2.05, 4.69) is 16.5 Å². The summed E-state index contributed by atoms with van der Waals surface area (Å²) in [6.07, 6.45) is 2.87. The molecule has 1 saturated heterocycles. The lowest BCUT2D eigenvalue weighted by Crippen LogP contribution is -2.52. The van der Waals surface area contributed by atoms with Gasteiger partial charge < -0.3 is 15.4 Å². The lowest BCUT2D eigenvalue weighted by Gasteiger charge is -2.33. The average molecular weight is 181 g/mol. The van der Waals surface area contributed by atoms with Crippen LogP contribution in [0.15, 0.2) is 17.6 Å². The molecule has 2 heterocycles. The summed E-state index contributed by atoms with van der Waals surface area (Å²) in [7, 11) is 0. The van der Waals surface area contributed by atoms with E-state index in [-0.39, 0.29) is 5.54 Å². The minimum absolute atomic E-state index is 0.0400. The van der Waals surface area contributed by atoms with Crippen molar-refractivity contribution in [2.75, 3.05) is 26.3 Å². The van der Waals surface area contributed by atoms with Crippen LogP contribution in [0.1, 0.15) is 6.42 Å². The summed E-state index contributed by atoms with van der Waals surface area (Å²) < 4.78 is 5.40. The fourth-order valence-electron chi connectivity index (χ4n) is 1.99. The lowest BCUT2D eigenvalue weighted by atomic mass is 9.98. The Morgan fingerprint density at radius 1 is 1.77 bits per heavy atom. The molecule has 0 aromatic rings. The Balaban J connectivity index is 2.17. The molecular formula is C9H15N3O. The summed E-state index contributed by atoms with van der Waals surface area (Å²) in [5, 5.41) is 0. The first kappa shape index (κ1) is 8.56. The standard InChI is InChI=1S/C9H15N3O/c1-2-4-12-8(10)11-6-9(12)3-5-13-7-9/h2H,1,3-7H2,(H2,10,11). The molecule has 0 amide bonds. The SMILES string of the molecule is C=CCN1C(N)=NCC12CCOC2. The number of nitrogens with two attached hydrogens (primary N) is 1. The second kappa shape index (κ2) is 3.03. The van der Waals surface area contributed by atoms with Crippen molar-refractivity contribution in [1.29, 1.82) is 0 Å². The molecule has 0 saturated carbocycles. The number of ether oxygens (including phenoxy) is 1. The fourth-order valence-corrected chi connectivity index (χ4v) is 1.99. The van der Waals surface area contributed by atoms with Gasteiger partial charge in [-0.25, -0.2) is 0 Å². The Labute approximate surface area is 78.1 Å². The third-order valence-corrected chi connectivity index (χ3v) is 2.78. The van der Waals surface area contributed by atoms with Gasteiger partial charge in [0.1, 0.15) is 0 Å². The largest absolute Gasteiger partial charge is 0.379 e. The quantitative estimate of drug-likeness (QED) is 0.608. The average Bonchev–Trinajstić information content (AvgIpc) is 2.69. The zero-order valence-corrected chi connectivity index (χ0v) is 7.70. The predicted octanol–water partition coefficient (Wildman–Crippen LogP) is -0.0382. The van der Waals surface area contributed by atoms with Crippen molar-refractivity contribution in [3.05, 3.63) is 12.7 Å². The molecule has 2 aliphatic heterocycles. The second-order valence-electron chi connectivity index (χ2n) is 3.60. The maximum absolute atomic E-state index is 5.79. The second-order valence-corrected chi connectivity index (χ2v) is 3.60. The molecule has 4 heteroatoms. The molecule has 0 bridgehead atoms. The number of nitrogens with zero attached hydrogens (tertiary/aromatic N) is 2. The summed E-state index contributed by atoms with van der Waals surface area (Å²) >= 11 is 0. The van der Waals surface area contributed by atoms with Gasteiger partial charge in [0.25, 0.3) is 0 Å². The Hall–Kier alpha value is -1.03. The maximum atomic E-state index is 5.79. The van der Waals surface area contributed by atoms with Crippen LogP contribution in [0.4, 0.5) is 0 Å². The highest BCUT2D eigenvalue weighted by Gasteiger charge is 2.44. The van der Waals surface area contributed by atoms with Crippen LogP contribution in [0.25, 0.3) is 0 Å². The van der Waals surface area contributed by atoms with Gasteiger partial charge >= 0.3 is 0 Å². The number of guanidine groups is 1. The normalized spacial score (nSPS) is 32.6. The predicted molar refractivity (Wildman–Crippen MR) is 51.6 cm³/mol. The van der Waals surface area contributed by atoms with Crippen LogP contribution in [-0.2, 0) is 4.74 Å². The molecule has 0 aromatic carbocycles. The summed E-state index contributed by atoms with van der Waals surface area (Å²) in [5.41, 5.74) is 5.83. The van der Waals surface area contributed by atoms with Crippen LogP contribution in [0.3, 0.4) is 0 Å². The van der Waals surface area contributed by atoms with E-state index in [1.165, 1.54) is 0 Å². The first-order valence-corrected chi connectivity index (χ1v) is 4.55. The van der Waals surface area contributed by atoms with Gasteiger partial charge in [0.2, 0.25) is 0 Å². The third-order valence-electron chi connectivity index (χ3n) is 2.78. The van der Waals surface area contributed by atoms with Crippen LogP contribution >= 0.6 is 0 Å². The van der Waals surface area contributed by atoms with E-state index >= 15 is 0 Å². The molecule has 1 unspecified atom stereocenters. The maximum Gasteiger partial charge on any atom is 0.192 e. The van der Waals surface area contributed by atoms with E-state index in [0.717, 1.165) is 32.7 Å². The van der Waals surface area contributed by atoms with E-state index in [1.54, 1.807) is 0 Å². The zero-order chi connectivity index (χ0) is 9.31. The molecule has 0 aromatic heterocycles. The minimum Gasteiger partial charge on any atom is -0.379 e. The van der Waals surface area contributed by atoms with Crippen LogP contribution in [-0.4, -0.2) is 42.7 Å². The van der Waals surface area contributed by atoms with Gasteiger partial charge in [0.15, 0.2) is 5.96 Å². The van der Waals surface area contributed by atoms with Crippen molar-refractivity contribution < 1.29 is 4.74 Å². The van der Waals surface area contributed by atoms with Gasteiger partial charge in [-0.05, 0) is 6.42 Å². The molecule has 1 spiro atoms. The summed E-state index contributed by atoms with van der Waals surface area (Å²) in [6, 6.07) is 0. The molecule has 4 nitrogen and oxygen atoms in total. The highest BCUT2D eigenvalue weighted by atomic mass is 16.5. The molecular weight excluding hydrogens is 166 g/mol. The zero-order valence-electron chi connectivity index (χ0n) is 7.70. The Morgan fingerprint density at radius 2 is 2.62 bits per heavy atom. The Morgan fingerprint density at radius 3 is 3.23 bits per heavy atom. The van der Waals surface area contributed by atoms with Crippen molar-refractivity contribution >= 4 is 5.96 Å². The fraction of sp³-hybridized carbons (Fsp3) is 0.667. The van der Waals surface area contributed by atoms with E-state index in [9.17, 15) is 0 Å². The molecule has 2 N–H and O–H groups in total. The van der Waals surface area contributed by atoms with Crippen molar-refractivity contribution in [2.24, 2.45) is 10.7 Å². The van der Waals surface area contributed by atoms with Crippen molar-refractivity contribution in [1.82, 2.24) is 4.90 Å². The van der Waals surface area contributed by atoms with Crippen LogP contribution < -0.4 is 5.73 Å².